The highest BCUT2D eigenvalue weighted by Gasteiger charge is 2.51. The first-order valence-electron chi connectivity index (χ1n) is 23.0. The first-order valence-corrected chi connectivity index (χ1v) is 23.0. The van der Waals surface area contributed by atoms with E-state index in [0.717, 1.165) is 65.3 Å². The Kier molecular flexibility index (Phi) is 13.5. The van der Waals surface area contributed by atoms with Crippen LogP contribution in [0.5, 0.6) is 0 Å². The van der Waals surface area contributed by atoms with Crippen LogP contribution < -0.4 is 22.9 Å². The Morgan fingerprint density at radius 3 is 1.15 bits per heavy atom. The standard InChI is InChI=1S/C56H58N4O6/c57-30-49-53(62-32-36-18-22-40-10-2-6-14-44(40)26-36)54(63-33-37-19-23-41-11-3-7-15-45(41)27-37)50(60)56(65-49)66-52-48(59)29-47(58)51(61-31-35-17-21-39-9-1-5-13-43(39)25-35)55(52)64-34-38-20-24-42-12-4-8-16-46(42)28-38/h1-28,47-56H,29-34,57-60H2/t47-,48+,49-,50-,51+,52-,53-,54-,55-,56-/m1/s1. The second kappa shape index (κ2) is 20.1. The summed E-state index contributed by atoms with van der Waals surface area (Å²) in [5, 5.41) is 9.12. The molecule has 2 aliphatic rings. The molecule has 0 unspecified atom stereocenters. The summed E-state index contributed by atoms with van der Waals surface area (Å²) in [5.74, 6) is 0. The van der Waals surface area contributed by atoms with E-state index in [1.165, 1.54) is 0 Å². The molecule has 66 heavy (non-hydrogen) atoms. The van der Waals surface area contributed by atoms with Crippen LogP contribution in [-0.2, 0) is 54.8 Å². The van der Waals surface area contributed by atoms with E-state index in [9.17, 15) is 0 Å². The molecule has 0 bridgehead atoms. The minimum absolute atomic E-state index is 0.131. The molecule has 10 rings (SSSR count). The molecule has 10 atom stereocenters. The van der Waals surface area contributed by atoms with Crippen molar-refractivity contribution in [3.8, 4) is 0 Å². The van der Waals surface area contributed by atoms with Crippen LogP contribution >= 0.6 is 0 Å². The van der Waals surface area contributed by atoms with Crippen molar-refractivity contribution in [3.63, 3.8) is 0 Å². The molecule has 8 aromatic carbocycles. The van der Waals surface area contributed by atoms with E-state index in [1.807, 2.05) is 48.5 Å². The Morgan fingerprint density at radius 2 is 0.742 bits per heavy atom. The summed E-state index contributed by atoms with van der Waals surface area (Å²) in [5.41, 5.74) is 31.8. The summed E-state index contributed by atoms with van der Waals surface area (Å²) < 4.78 is 41.0. The molecule has 1 saturated carbocycles. The van der Waals surface area contributed by atoms with Crippen molar-refractivity contribution in [3.05, 3.63) is 192 Å². The quantitative estimate of drug-likeness (QED) is 0.0788. The van der Waals surface area contributed by atoms with E-state index in [1.54, 1.807) is 0 Å². The van der Waals surface area contributed by atoms with Crippen molar-refractivity contribution in [1.29, 1.82) is 0 Å². The summed E-state index contributed by atoms with van der Waals surface area (Å²) in [7, 11) is 0. The zero-order valence-electron chi connectivity index (χ0n) is 36.9. The molecule has 2 fully saturated rings. The first kappa shape index (κ1) is 44.2. The van der Waals surface area contributed by atoms with Gasteiger partial charge >= 0.3 is 0 Å². The van der Waals surface area contributed by atoms with Gasteiger partial charge in [0.15, 0.2) is 6.29 Å². The molecule has 0 spiro atoms. The van der Waals surface area contributed by atoms with Gasteiger partial charge in [0.05, 0.1) is 32.5 Å². The number of nitrogens with two attached hydrogens (primary N) is 4. The summed E-state index contributed by atoms with van der Waals surface area (Å²) in [6.07, 6.45) is -4.49. The number of ether oxygens (including phenoxy) is 6. The fourth-order valence-corrected chi connectivity index (χ4v) is 9.73. The van der Waals surface area contributed by atoms with Crippen molar-refractivity contribution >= 4 is 43.1 Å². The lowest BCUT2D eigenvalue weighted by Gasteiger charge is -2.49. The molecule has 0 amide bonds. The van der Waals surface area contributed by atoms with Gasteiger partial charge in [0.2, 0.25) is 0 Å². The molecule has 338 valence electrons. The van der Waals surface area contributed by atoms with Gasteiger partial charge in [-0.1, -0.05) is 146 Å². The van der Waals surface area contributed by atoms with Gasteiger partial charge in [-0.25, -0.2) is 0 Å². The molecular formula is C56H58N4O6. The fourth-order valence-electron chi connectivity index (χ4n) is 9.73. The van der Waals surface area contributed by atoms with Crippen LogP contribution in [0, 0.1) is 0 Å². The number of benzene rings is 8. The minimum Gasteiger partial charge on any atom is -0.369 e. The third kappa shape index (κ3) is 9.76. The Labute approximate surface area is 385 Å². The van der Waals surface area contributed by atoms with E-state index >= 15 is 0 Å². The maximum absolute atomic E-state index is 7.26. The summed E-state index contributed by atoms with van der Waals surface area (Å²) >= 11 is 0. The minimum atomic E-state index is -0.987. The summed E-state index contributed by atoms with van der Waals surface area (Å²) in [4.78, 5) is 0. The van der Waals surface area contributed by atoms with E-state index in [0.29, 0.717) is 19.6 Å². The van der Waals surface area contributed by atoms with Crippen LogP contribution in [0.3, 0.4) is 0 Å². The highest BCUT2D eigenvalue weighted by molar-refractivity contribution is 5.85. The molecule has 1 aliphatic carbocycles. The Balaban J connectivity index is 0.932. The molecule has 8 N–H and O–H groups in total. The molecule has 1 saturated heterocycles. The lowest BCUT2D eigenvalue weighted by atomic mass is 9.84. The summed E-state index contributed by atoms with van der Waals surface area (Å²) in [6.45, 7) is 1.30. The maximum Gasteiger partial charge on any atom is 0.176 e. The van der Waals surface area contributed by atoms with Gasteiger partial charge in [-0.2, -0.15) is 0 Å². The van der Waals surface area contributed by atoms with Crippen molar-refractivity contribution in [2.24, 2.45) is 22.9 Å². The normalized spacial score (nSPS) is 25.8. The molecule has 1 heterocycles. The number of hydrogen-bond acceptors (Lipinski definition) is 10. The average molecular weight is 883 g/mol. The van der Waals surface area contributed by atoms with Crippen LogP contribution in [0.2, 0.25) is 0 Å². The van der Waals surface area contributed by atoms with Gasteiger partial charge in [-0.05, 0) is 96.0 Å². The van der Waals surface area contributed by atoms with Gasteiger partial charge in [-0.3, -0.25) is 0 Å². The second-order valence-electron chi connectivity index (χ2n) is 17.8. The van der Waals surface area contributed by atoms with E-state index in [2.05, 4.69) is 121 Å². The smallest absolute Gasteiger partial charge is 0.176 e. The maximum atomic E-state index is 7.26. The van der Waals surface area contributed by atoms with Crippen molar-refractivity contribution in [1.82, 2.24) is 0 Å². The van der Waals surface area contributed by atoms with Crippen LogP contribution in [-0.4, -0.2) is 67.6 Å². The number of rotatable bonds is 15. The molecule has 10 heteroatoms. The molecule has 0 radical (unpaired) electrons. The number of fused-ring (bicyclic) bond motifs is 4. The zero-order chi connectivity index (χ0) is 45.0. The Hall–Kier alpha value is -5.60. The van der Waals surface area contributed by atoms with Gasteiger partial charge in [0.1, 0.15) is 36.6 Å². The zero-order valence-corrected chi connectivity index (χ0v) is 36.9. The fraction of sp³-hybridized carbons (Fsp3) is 0.286. The largest absolute Gasteiger partial charge is 0.369 e. The Morgan fingerprint density at radius 1 is 0.394 bits per heavy atom. The molecule has 1 aliphatic heterocycles. The monoisotopic (exact) mass is 882 g/mol. The third-order valence-corrected chi connectivity index (χ3v) is 13.3. The Bertz CT molecular complexity index is 2910. The van der Waals surface area contributed by atoms with Crippen molar-refractivity contribution in [2.75, 3.05) is 6.54 Å². The van der Waals surface area contributed by atoms with Gasteiger partial charge < -0.3 is 51.4 Å². The van der Waals surface area contributed by atoms with E-state index < -0.39 is 61.0 Å². The van der Waals surface area contributed by atoms with Crippen molar-refractivity contribution in [2.45, 2.75) is 93.9 Å². The van der Waals surface area contributed by atoms with Gasteiger partial charge in [0.25, 0.3) is 0 Å². The van der Waals surface area contributed by atoms with Crippen molar-refractivity contribution < 1.29 is 28.4 Å². The highest BCUT2D eigenvalue weighted by atomic mass is 16.7. The molecule has 0 aromatic heterocycles. The van der Waals surface area contributed by atoms with Gasteiger partial charge in [-0.15, -0.1) is 0 Å². The second-order valence-corrected chi connectivity index (χ2v) is 17.8. The average Bonchev–Trinajstić information content (AvgIpc) is 3.35. The van der Waals surface area contributed by atoms with E-state index in [-0.39, 0.29) is 19.8 Å². The number of hydrogen-bond donors (Lipinski definition) is 4. The lowest BCUT2D eigenvalue weighted by Crippen LogP contribution is -2.68. The molecule has 8 aromatic rings. The SMILES string of the molecule is NC[C@H]1O[C@H](O[C@H]2[C@H](OCc3ccc4ccccc4c3)[C@@H](OCc3ccc4ccccc4c3)[C@H](N)C[C@@H]2N)[C@H](N)[C@@H](OCc2ccc3ccccc3c2)[C@@H]1OCc1ccc2ccccc2c1. The predicted octanol–water partition coefficient (Wildman–Crippen LogP) is 8.40. The topological polar surface area (TPSA) is 159 Å². The van der Waals surface area contributed by atoms with E-state index in [4.69, 9.17) is 51.4 Å². The van der Waals surface area contributed by atoms with Crippen LogP contribution in [0.1, 0.15) is 28.7 Å². The molecular weight excluding hydrogens is 825 g/mol. The van der Waals surface area contributed by atoms with Crippen LogP contribution in [0.15, 0.2) is 170 Å². The highest BCUT2D eigenvalue weighted by Crippen LogP contribution is 2.34. The molecule has 10 nitrogen and oxygen atoms in total. The predicted molar refractivity (Wildman–Crippen MR) is 261 cm³/mol. The van der Waals surface area contributed by atoms with Gasteiger partial charge in [0, 0.05) is 18.6 Å². The lowest BCUT2D eigenvalue weighted by molar-refractivity contribution is -0.305. The third-order valence-electron chi connectivity index (χ3n) is 13.3. The first-order chi connectivity index (χ1) is 32.4. The summed E-state index contributed by atoms with van der Waals surface area (Å²) in [6, 6.07) is 56.6. The van der Waals surface area contributed by atoms with Crippen LogP contribution in [0.25, 0.3) is 43.1 Å². The van der Waals surface area contributed by atoms with Crippen LogP contribution in [0.4, 0.5) is 0 Å².